The second-order valence-corrected chi connectivity index (χ2v) is 4.39. The number of hydrogen-bond donors (Lipinski definition) is 0. The first kappa shape index (κ1) is 16.9. The predicted octanol–water partition coefficient (Wildman–Crippen LogP) is 3.22. The molecule has 0 atom stereocenters. The normalized spacial score (nSPS) is 10.2. The molecule has 0 aliphatic heterocycles. The molecule has 0 aliphatic carbocycles. The van der Waals surface area contributed by atoms with E-state index in [9.17, 15) is 4.79 Å². The van der Waals surface area contributed by atoms with Gasteiger partial charge in [-0.3, -0.25) is 0 Å². The molecular weight excluding hydrogens is 294 g/mol. The molecule has 1 aromatic carbocycles. The topological polar surface area (TPSA) is 68.5 Å². The molecule has 0 unspecified atom stereocenters. The molecule has 0 fully saturated rings. The van der Waals surface area contributed by atoms with Crippen molar-refractivity contribution in [3.8, 4) is 17.6 Å². The summed E-state index contributed by atoms with van der Waals surface area (Å²) in [6.07, 6.45) is 3.60. The second-order valence-electron chi connectivity index (χ2n) is 3.98. The van der Waals surface area contributed by atoms with Crippen LogP contribution in [0.3, 0.4) is 0 Å². The fourth-order valence-electron chi connectivity index (χ4n) is 1.50. The molecule has 0 N–H and O–H groups in total. The predicted molar refractivity (Wildman–Crippen MR) is 79.4 cm³/mol. The van der Waals surface area contributed by atoms with Crippen LogP contribution in [0.2, 0.25) is 5.02 Å². The molecule has 0 aromatic heterocycles. The van der Waals surface area contributed by atoms with Gasteiger partial charge in [-0.1, -0.05) is 18.5 Å². The summed E-state index contributed by atoms with van der Waals surface area (Å²) in [7, 11) is 1.51. The number of rotatable bonds is 7. The van der Waals surface area contributed by atoms with Gasteiger partial charge in [0.2, 0.25) is 0 Å². The minimum Gasteiger partial charge on any atom is -0.493 e. The molecule has 5 nitrogen and oxygen atoms in total. The van der Waals surface area contributed by atoms with Gasteiger partial charge in [-0.15, -0.1) is 0 Å². The van der Waals surface area contributed by atoms with E-state index in [-0.39, 0.29) is 6.61 Å². The zero-order valence-electron chi connectivity index (χ0n) is 11.9. The lowest BCUT2D eigenvalue weighted by Gasteiger charge is -2.12. The van der Waals surface area contributed by atoms with Gasteiger partial charge >= 0.3 is 5.97 Å². The largest absolute Gasteiger partial charge is 0.493 e. The van der Waals surface area contributed by atoms with Crippen LogP contribution in [0.1, 0.15) is 18.9 Å². The maximum Gasteiger partial charge on any atom is 0.331 e. The second kappa shape index (κ2) is 8.88. The van der Waals surface area contributed by atoms with Gasteiger partial charge in [-0.25, -0.2) is 4.79 Å². The van der Waals surface area contributed by atoms with Crippen LogP contribution in [0.25, 0.3) is 6.08 Å². The molecule has 0 spiro atoms. The maximum atomic E-state index is 11.3. The van der Waals surface area contributed by atoms with Crippen LogP contribution in [-0.4, -0.2) is 26.3 Å². The smallest absolute Gasteiger partial charge is 0.331 e. The first-order valence-electron chi connectivity index (χ1n) is 6.34. The number of carbonyl (C=O) groups is 1. The first-order chi connectivity index (χ1) is 10.1. The van der Waals surface area contributed by atoms with Gasteiger partial charge in [-0.2, -0.15) is 5.26 Å². The van der Waals surface area contributed by atoms with Crippen molar-refractivity contribution in [1.82, 2.24) is 0 Å². The van der Waals surface area contributed by atoms with Gasteiger partial charge in [0.25, 0.3) is 0 Å². The highest BCUT2D eigenvalue weighted by Gasteiger charge is 2.11. The van der Waals surface area contributed by atoms with Crippen molar-refractivity contribution in [2.45, 2.75) is 13.3 Å². The zero-order chi connectivity index (χ0) is 15.7. The monoisotopic (exact) mass is 309 g/mol. The first-order valence-corrected chi connectivity index (χ1v) is 6.72. The summed E-state index contributed by atoms with van der Waals surface area (Å²) < 4.78 is 15.4. The third-order valence-corrected chi connectivity index (χ3v) is 2.67. The highest BCUT2D eigenvalue weighted by atomic mass is 35.5. The van der Waals surface area contributed by atoms with E-state index in [1.165, 1.54) is 19.3 Å². The summed E-state index contributed by atoms with van der Waals surface area (Å²) in [4.78, 5) is 11.3. The van der Waals surface area contributed by atoms with Crippen molar-refractivity contribution >= 4 is 23.6 Å². The van der Waals surface area contributed by atoms with Crippen molar-refractivity contribution in [2.75, 3.05) is 20.3 Å². The molecule has 1 rings (SSSR count). The quantitative estimate of drug-likeness (QED) is 0.571. The van der Waals surface area contributed by atoms with Crippen molar-refractivity contribution < 1.29 is 19.0 Å². The van der Waals surface area contributed by atoms with Gasteiger partial charge < -0.3 is 14.2 Å². The average molecular weight is 310 g/mol. The van der Waals surface area contributed by atoms with E-state index in [0.29, 0.717) is 28.7 Å². The fraction of sp³-hybridized carbons (Fsp3) is 0.333. The Labute approximate surface area is 128 Å². The SMILES string of the molecule is CCCOc1c(Cl)cc(/C=C/C(=O)OCC#N)cc1OC. The minimum absolute atomic E-state index is 0.281. The lowest BCUT2D eigenvalue weighted by Crippen LogP contribution is -2.00. The standard InChI is InChI=1S/C15H16ClNO4/c1-3-7-21-15-12(16)9-11(10-13(15)19-2)4-5-14(18)20-8-6-17/h4-5,9-10H,3,7-8H2,1-2H3/b5-4+. The van der Waals surface area contributed by atoms with E-state index in [2.05, 4.69) is 4.74 Å². The summed E-state index contributed by atoms with van der Waals surface area (Å²) in [5.74, 6) is 0.365. The van der Waals surface area contributed by atoms with Crippen LogP contribution >= 0.6 is 11.6 Å². The number of carbonyl (C=O) groups excluding carboxylic acids is 1. The summed E-state index contributed by atoms with van der Waals surface area (Å²) in [5.41, 5.74) is 0.662. The molecule has 6 heteroatoms. The third-order valence-electron chi connectivity index (χ3n) is 2.39. The van der Waals surface area contributed by atoms with Crippen molar-refractivity contribution in [3.63, 3.8) is 0 Å². The van der Waals surface area contributed by atoms with Crippen LogP contribution in [0, 0.1) is 11.3 Å². The summed E-state index contributed by atoms with van der Waals surface area (Å²) in [6.45, 7) is 2.24. The Morgan fingerprint density at radius 3 is 2.86 bits per heavy atom. The number of esters is 1. The van der Waals surface area contributed by atoms with Crippen LogP contribution in [0.15, 0.2) is 18.2 Å². The molecule has 0 amide bonds. The Bertz CT molecular complexity index is 564. The van der Waals surface area contributed by atoms with Gasteiger partial charge in [-0.05, 0) is 30.2 Å². The van der Waals surface area contributed by atoms with E-state index in [1.54, 1.807) is 18.2 Å². The fourth-order valence-corrected chi connectivity index (χ4v) is 1.77. The average Bonchev–Trinajstić information content (AvgIpc) is 2.49. The van der Waals surface area contributed by atoms with Gasteiger partial charge in [0.15, 0.2) is 18.1 Å². The van der Waals surface area contributed by atoms with Crippen molar-refractivity contribution in [2.24, 2.45) is 0 Å². The molecule has 0 aliphatic rings. The number of nitriles is 1. The molecule has 21 heavy (non-hydrogen) atoms. The zero-order valence-corrected chi connectivity index (χ0v) is 12.6. The third kappa shape index (κ3) is 5.36. The molecule has 1 aromatic rings. The minimum atomic E-state index is -0.599. The van der Waals surface area contributed by atoms with Crippen molar-refractivity contribution in [3.05, 3.63) is 28.8 Å². The van der Waals surface area contributed by atoms with Gasteiger partial charge in [0.1, 0.15) is 6.07 Å². The van der Waals surface area contributed by atoms with Crippen LogP contribution in [0.4, 0.5) is 0 Å². The number of ether oxygens (including phenoxy) is 3. The van der Waals surface area contributed by atoms with E-state index in [1.807, 2.05) is 6.92 Å². The number of nitrogens with zero attached hydrogens (tertiary/aromatic N) is 1. The number of hydrogen-bond acceptors (Lipinski definition) is 5. The van der Waals surface area contributed by atoms with Crippen molar-refractivity contribution in [1.29, 1.82) is 5.26 Å². The number of halogens is 1. The Hall–Kier alpha value is -2.19. The Morgan fingerprint density at radius 2 is 2.24 bits per heavy atom. The van der Waals surface area contributed by atoms with E-state index in [4.69, 9.17) is 26.3 Å². The van der Waals surface area contributed by atoms with E-state index >= 15 is 0 Å². The van der Waals surface area contributed by atoms with Gasteiger partial charge in [0, 0.05) is 6.08 Å². The maximum absolute atomic E-state index is 11.3. The Balaban J connectivity index is 2.90. The van der Waals surface area contributed by atoms with Crippen LogP contribution in [0.5, 0.6) is 11.5 Å². The Kier molecular flexibility index (Phi) is 7.13. The molecule has 0 saturated heterocycles. The number of benzene rings is 1. The molecule has 112 valence electrons. The lowest BCUT2D eigenvalue weighted by atomic mass is 10.2. The molecule has 0 bridgehead atoms. The highest BCUT2D eigenvalue weighted by Crippen LogP contribution is 2.36. The van der Waals surface area contributed by atoms with Crippen LogP contribution in [-0.2, 0) is 9.53 Å². The number of methoxy groups -OCH3 is 1. The molecular formula is C15H16ClNO4. The Morgan fingerprint density at radius 1 is 1.48 bits per heavy atom. The molecule has 0 radical (unpaired) electrons. The van der Waals surface area contributed by atoms with Gasteiger partial charge in [0.05, 0.1) is 18.7 Å². The summed E-state index contributed by atoms with van der Waals surface area (Å²) in [6, 6.07) is 5.07. The summed E-state index contributed by atoms with van der Waals surface area (Å²) in [5, 5.41) is 8.70. The summed E-state index contributed by atoms with van der Waals surface area (Å²) >= 11 is 6.15. The molecule has 0 heterocycles. The highest BCUT2D eigenvalue weighted by molar-refractivity contribution is 6.32. The van der Waals surface area contributed by atoms with Crippen LogP contribution < -0.4 is 9.47 Å². The van der Waals surface area contributed by atoms with E-state index in [0.717, 1.165) is 6.42 Å². The lowest BCUT2D eigenvalue weighted by molar-refractivity contribution is -0.136. The van der Waals surface area contributed by atoms with E-state index < -0.39 is 5.97 Å². The molecule has 0 saturated carbocycles.